The summed E-state index contributed by atoms with van der Waals surface area (Å²) in [5, 5.41) is 0. The molecule has 0 radical (unpaired) electrons. The summed E-state index contributed by atoms with van der Waals surface area (Å²) < 4.78 is 13.2. The van der Waals surface area contributed by atoms with Crippen molar-refractivity contribution in [2.24, 2.45) is 0 Å². The number of hydrogen-bond donors (Lipinski definition) is 0. The van der Waals surface area contributed by atoms with Crippen molar-refractivity contribution >= 4 is 11.0 Å². The number of aryl methyl sites for hydroxylation is 2. The average Bonchev–Trinajstić information content (AvgIpc) is 2.74. The molecule has 2 aromatic carbocycles. The van der Waals surface area contributed by atoms with Crippen molar-refractivity contribution in [1.82, 2.24) is 19.1 Å². The first kappa shape index (κ1) is 19.8. The smallest absolute Gasteiger partial charge is 0.357 e. The number of benzene rings is 2. The summed E-state index contributed by atoms with van der Waals surface area (Å²) in [6, 6.07) is 10.6. The van der Waals surface area contributed by atoms with E-state index in [0.29, 0.717) is 30.1 Å². The van der Waals surface area contributed by atoms with E-state index in [4.69, 9.17) is 9.47 Å². The minimum absolute atomic E-state index is 0.136. The van der Waals surface area contributed by atoms with Crippen molar-refractivity contribution < 1.29 is 9.47 Å². The molecule has 2 aliphatic rings. The highest BCUT2D eigenvalue weighted by Gasteiger charge is 2.22. The van der Waals surface area contributed by atoms with Gasteiger partial charge in [0.05, 0.1) is 30.4 Å². The summed E-state index contributed by atoms with van der Waals surface area (Å²) in [6.07, 6.45) is 0. The lowest BCUT2D eigenvalue weighted by atomic mass is 10.1. The maximum Gasteiger partial charge on any atom is 0.357 e. The molecule has 0 saturated carbocycles. The molecule has 2 aromatic rings. The van der Waals surface area contributed by atoms with E-state index in [0.717, 1.165) is 21.2 Å². The molecule has 0 aliphatic carbocycles. The second-order valence-corrected chi connectivity index (χ2v) is 7.09. The van der Waals surface area contributed by atoms with E-state index in [1.807, 2.05) is 30.5 Å². The predicted molar refractivity (Wildman–Crippen MR) is 114 cm³/mol. The Balaban J connectivity index is 2.06. The Labute approximate surface area is 172 Å². The molecule has 0 unspecified atom stereocenters. The Morgan fingerprint density at radius 1 is 0.967 bits per heavy atom. The van der Waals surface area contributed by atoms with Crippen LogP contribution in [0.15, 0.2) is 46.0 Å². The second kappa shape index (κ2) is 7.72. The van der Waals surface area contributed by atoms with Crippen molar-refractivity contribution in [1.29, 1.82) is 0 Å². The highest BCUT2D eigenvalue weighted by Crippen LogP contribution is 2.24. The summed E-state index contributed by atoms with van der Waals surface area (Å²) in [6.45, 7) is 4.85. The topological polar surface area (TPSA) is 88.2 Å². The van der Waals surface area contributed by atoms with Crippen molar-refractivity contribution in [3.63, 3.8) is 0 Å². The highest BCUT2D eigenvalue weighted by atomic mass is 16.5. The number of aromatic nitrogens is 4. The van der Waals surface area contributed by atoms with Gasteiger partial charge < -0.3 is 14.0 Å². The van der Waals surface area contributed by atoms with Gasteiger partial charge in [0.15, 0.2) is 11.5 Å². The predicted octanol–water partition coefficient (Wildman–Crippen LogP) is 2.32. The van der Waals surface area contributed by atoms with Gasteiger partial charge in [-0.1, -0.05) is 0 Å². The van der Waals surface area contributed by atoms with Crippen LogP contribution >= 0.6 is 0 Å². The van der Waals surface area contributed by atoms with E-state index in [1.54, 1.807) is 38.5 Å². The third kappa shape index (κ3) is 3.25. The minimum Gasteiger partial charge on any atom is -0.497 e. The zero-order chi connectivity index (χ0) is 21.4. The van der Waals surface area contributed by atoms with Crippen LogP contribution in [0.2, 0.25) is 0 Å². The Hall–Kier alpha value is -3.52. The van der Waals surface area contributed by atoms with E-state index in [2.05, 4.69) is 9.97 Å². The number of rotatable bonds is 5. The SMILES string of the molecule is COCCn1c2nc(=O)n(-c3ccc(OC)cc3)c(=O)c-2nc2cc(C)c(C)cc21. The number of nitrogens with zero attached hydrogens (tertiary/aromatic N) is 4. The summed E-state index contributed by atoms with van der Waals surface area (Å²) in [5.74, 6) is 0.878. The van der Waals surface area contributed by atoms with Gasteiger partial charge in [-0.25, -0.2) is 14.3 Å². The summed E-state index contributed by atoms with van der Waals surface area (Å²) in [7, 11) is 3.15. The monoisotopic (exact) mass is 406 g/mol. The zero-order valence-electron chi connectivity index (χ0n) is 17.3. The lowest BCUT2D eigenvalue weighted by Crippen LogP contribution is -2.37. The highest BCUT2D eigenvalue weighted by molar-refractivity contribution is 5.81. The molecular weight excluding hydrogens is 384 g/mol. The molecule has 4 rings (SSSR count). The van der Waals surface area contributed by atoms with Gasteiger partial charge in [-0.15, -0.1) is 0 Å². The largest absolute Gasteiger partial charge is 0.497 e. The maximum absolute atomic E-state index is 13.3. The van der Waals surface area contributed by atoms with Crippen LogP contribution in [-0.4, -0.2) is 39.9 Å². The van der Waals surface area contributed by atoms with Gasteiger partial charge in [0.25, 0.3) is 5.56 Å². The van der Waals surface area contributed by atoms with Gasteiger partial charge in [0, 0.05) is 13.7 Å². The summed E-state index contributed by atoms with van der Waals surface area (Å²) >= 11 is 0. The fraction of sp³-hybridized carbons (Fsp3) is 0.273. The first-order valence-corrected chi connectivity index (χ1v) is 9.52. The van der Waals surface area contributed by atoms with Crippen LogP contribution in [0.4, 0.5) is 0 Å². The third-order valence-corrected chi connectivity index (χ3v) is 5.23. The van der Waals surface area contributed by atoms with Gasteiger partial charge >= 0.3 is 5.69 Å². The van der Waals surface area contributed by atoms with Crippen LogP contribution in [0.5, 0.6) is 5.75 Å². The Morgan fingerprint density at radius 2 is 1.67 bits per heavy atom. The standard InChI is InChI=1S/C22H22N4O4/c1-13-11-17-18(12-14(13)2)25(9-10-29-3)20-19(23-17)21(27)26(22(28)24-20)15-5-7-16(30-4)8-6-15/h5-8,11-12H,9-10H2,1-4H3. The van der Waals surface area contributed by atoms with E-state index in [-0.39, 0.29) is 11.5 Å². The molecule has 0 fully saturated rings. The van der Waals surface area contributed by atoms with Gasteiger partial charge in [0.2, 0.25) is 0 Å². The third-order valence-electron chi connectivity index (χ3n) is 5.23. The molecular formula is C22H22N4O4. The van der Waals surface area contributed by atoms with Crippen molar-refractivity contribution in [3.05, 3.63) is 68.4 Å². The van der Waals surface area contributed by atoms with Crippen molar-refractivity contribution in [2.45, 2.75) is 20.4 Å². The van der Waals surface area contributed by atoms with Crippen LogP contribution in [0, 0.1) is 13.8 Å². The van der Waals surface area contributed by atoms with Crippen LogP contribution in [0.25, 0.3) is 28.2 Å². The molecule has 0 spiro atoms. The number of fused-ring (bicyclic) bond motifs is 2. The molecule has 0 N–H and O–H groups in total. The number of hydrogen-bond acceptors (Lipinski definition) is 6. The fourth-order valence-electron chi connectivity index (χ4n) is 3.46. The molecule has 30 heavy (non-hydrogen) atoms. The molecule has 154 valence electrons. The Morgan fingerprint density at radius 3 is 2.33 bits per heavy atom. The van der Waals surface area contributed by atoms with Crippen molar-refractivity contribution in [2.75, 3.05) is 20.8 Å². The average molecular weight is 406 g/mol. The quantitative estimate of drug-likeness (QED) is 0.473. The molecule has 2 heterocycles. The normalized spacial score (nSPS) is 11.3. The molecule has 0 atom stereocenters. The van der Waals surface area contributed by atoms with Gasteiger partial charge in [-0.3, -0.25) is 4.79 Å². The van der Waals surface area contributed by atoms with Gasteiger partial charge in [-0.05, 0) is 61.4 Å². The first-order valence-electron chi connectivity index (χ1n) is 9.52. The summed E-state index contributed by atoms with van der Waals surface area (Å²) in [4.78, 5) is 35.0. The van der Waals surface area contributed by atoms with E-state index < -0.39 is 11.2 Å². The second-order valence-electron chi connectivity index (χ2n) is 7.09. The van der Waals surface area contributed by atoms with Gasteiger partial charge in [-0.2, -0.15) is 4.98 Å². The van der Waals surface area contributed by atoms with E-state index >= 15 is 0 Å². The maximum atomic E-state index is 13.3. The van der Waals surface area contributed by atoms with E-state index in [9.17, 15) is 9.59 Å². The molecule has 0 amide bonds. The van der Waals surface area contributed by atoms with Crippen LogP contribution in [0.3, 0.4) is 0 Å². The lowest BCUT2D eigenvalue weighted by Gasteiger charge is -2.18. The molecule has 0 saturated heterocycles. The molecule has 8 nitrogen and oxygen atoms in total. The zero-order valence-corrected chi connectivity index (χ0v) is 17.3. The molecule has 2 aliphatic heterocycles. The molecule has 0 bridgehead atoms. The number of methoxy groups -OCH3 is 2. The van der Waals surface area contributed by atoms with Crippen LogP contribution in [-0.2, 0) is 11.3 Å². The first-order chi connectivity index (χ1) is 14.4. The van der Waals surface area contributed by atoms with Crippen molar-refractivity contribution in [3.8, 4) is 23.0 Å². The van der Waals surface area contributed by atoms with Gasteiger partial charge in [0.1, 0.15) is 5.75 Å². The Kier molecular flexibility index (Phi) is 5.09. The van der Waals surface area contributed by atoms with Crippen LogP contribution < -0.4 is 16.0 Å². The van der Waals surface area contributed by atoms with E-state index in [1.165, 1.54) is 0 Å². The Bertz CT molecular complexity index is 1320. The molecule has 8 heteroatoms. The lowest BCUT2D eigenvalue weighted by molar-refractivity contribution is 0.188. The number of ether oxygens (including phenoxy) is 2. The molecule has 0 aromatic heterocycles. The minimum atomic E-state index is -0.659. The summed E-state index contributed by atoms with van der Waals surface area (Å²) in [5.41, 5.74) is 3.00. The van der Waals surface area contributed by atoms with Crippen LogP contribution in [0.1, 0.15) is 11.1 Å². The fourth-order valence-corrected chi connectivity index (χ4v) is 3.46.